The van der Waals surface area contributed by atoms with Gasteiger partial charge in [-0.2, -0.15) is 5.10 Å². The lowest BCUT2D eigenvalue weighted by Crippen LogP contribution is -2.59. The van der Waals surface area contributed by atoms with Crippen molar-refractivity contribution in [3.05, 3.63) is 143 Å². The number of carbonyl (C=O) groups is 8. The number of nitrogens with one attached hydrogen (secondary N) is 8. The molecule has 4 aromatic carbocycles. The first kappa shape index (κ1) is 55.9. The Morgan fingerprint density at radius 1 is 0.658 bits per heavy atom. The fourth-order valence-corrected chi connectivity index (χ4v) is 8.63. The topological polar surface area (TPSA) is 265 Å². The van der Waals surface area contributed by atoms with E-state index in [2.05, 4.69) is 47.7 Å². The zero-order valence-corrected chi connectivity index (χ0v) is 41.1. The number of rotatable bonds is 23. The minimum Gasteiger partial charge on any atom is -0.478 e. The largest absolute Gasteiger partial charge is 0.478 e. The summed E-state index contributed by atoms with van der Waals surface area (Å²) < 4.78 is 29.8. The zero-order chi connectivity index (χ0) is 53.0. The number of carboxylic acids is 1. The Balaban J connectivity index is 1.44. The summed E-state index contributed by atoms with van der Waals surface area (Å²) in [6.07, 6.45) is 3.48. The molecule has 4 atom stereocenters. The van der Waals surface area contributed by atoms with Crippen LogP contribution >= 0.6 is 0 Å². The van der Waals surface area contributed by atoms with E-state index in [1.165, 1.54) is 7.05 Å². The van der Waals surface area contributed by atoms with Crippen LogP contribution in [0.3, 0.4) is 0 Å². The summed E-state index contributed by atoms with van der Waals surface area (Å²) >= 11 is 0. The van der Waals surface area contributed by atoms with Crippen LogP contribution in [0.5, 0.6) is 0 Å². The summed E-state index contributed by atoms with van der Waals surface area (Å²) in [6, 6.07) is 21.1. The standard InChI is InChI=1S/C53H63F2N9O9/c1-5-18-38(58-47(66)39(29-31(2)3)59-51(70)45(35-25-16-9-17-26-35)61-48(67)41-36(54)27-28-37(55)42(41)52(71)72)46(50(69)57-30-40(65)60-44(49(68)56-4)34-23-14-8-15-24-34)63-64-53(73)62-43(32-19-10-6-11-20-32)33-21-12-7-13-22-33/h6-8,10-15,19-24,27-28,31,35,38-39,43-45H,5,9,16-18,25-26,29-30H2,1-4H3,(H,56,68)(H,57,69)(H,58,66)(H,59,70)(H,60,65)(H,61,67)(H,71,72)(H2,62,64,73)/b63-46-. The number of aromatic carboxylic acids is 1. The van der Waals surface area contributed by atoms with Crippen LogP contribution in [0.15, 0.2) is 108 Å². The second-order valence-electron chi connectivity index (χ2n) is 18.0. The molecule has 20 heteroatoms. The van der Waals surface area contributed by atoms with Crippen molar-refractivity contribution in [2.75, 3.05) is 13.6 Å². The van der Waals surface area contributed by atoms with Crippen LogP contribution in [-0.4, -0.2) is 90.0 Å². The van der Waals surface area contributed by atoms with Crippen LogP contribution in [0.1, 0.15) is 122 Å². The number of likely N-dealkylation sites (N-methyl/N-ethyl adjacent to an activating group) is 1. The monoisotopic (exact) mass is 1010 g/mol. The van der Waals surface area contributed by atoms with E-state index in [-0.39, 0.29) is 18.8 Å². The van der Waals surface area contributed by atoms with Crippen molar-refractivity contribution in [3.63, 3.8) is 0 Å². The Morgan fingerprint density at radius 3 is 1.74 bits per heavy atom. The van der Waals surface area contributed by atoms with Gasteiger partial charge in [0.25, 0.3) is 11.8 Å². The predicted octanol–water partition coefficient (Wildman–Crippen LogP) is 5.32. The van der Waals surface area contributed by atoms with E-state index < -0.39 is 119 Å². The first-order valence-corrected chi connectivity index (χ1v) is 24.2. The van der Waals surface area contributed by atoms with Crippen molar-refractivity contribution >= 4 is 53.2 Å². The normalized spacial score (nSPS) is 14.4. The molecule has 5 rings (SSSR count). The number of carbonyl (C=O) groups excluding carboxylic acids is 7. The van der Waals surface area contributed by atoms with Gasteiger partial charge in [0.2, 0.25) is 23.6 Å². The molecule has 1 fully saturated rings. The average Bonchev–Trinajstić information content (AvgIpc) is 3.38. The van der Waals surface area contributed by atoms with Crippen LogP contribution in [0.2, 0.25) is 0 Å². The zero-order valence-electron chi connectivity index (χ0n) is 41.1. The summed E-state index contributed by atoms with van der Waals surface area (Å²) in [5.74, 6) is -10.6. The molecule has 8 amide bonds. The van der Waals surface area contributed by atoms with Gasteiger partial charge in [0.05, 0.1) is 24.2 Å². The fraction of sp³-hybridized carbons (Fsp3) is 0.377. The van der Waals surface area contributed by atoms with Gasteiger partial charge in [-0.1, -0.05) is 137 Å². The lowest BCUT2D eigenvalue weighted by atomic mass is 9.83. The maximum absolute atomic E-state index is 15.1. The molecule has 0 bridgehead atoms. The van der Waals surface area contributed by atoms with Gasteiger partial charge in [0.1, 0.15) is 41.0 Å². The van der Waals surface area contributed by atoms with Crippen molar-refractivity contribution in [2.24, 2.45) is 16.9 Å². The van der Waals surface area contributed by atoms with E-state index in [0.717, 1.165) is 17.5 Å². The van der Waals surface area contributed by atoms with Crippen molar-refractivity contribution in [1.82, 2.24) is 42.6 Å². The number of benzene rings is 4. The second kappa shape index (κ2) is 27.5. The molecule has 9 N–H and O–H groups in total. The van der Waals surface area contributed by atoms with Crippen LogP contribution in [0.4, 0.5) is 13.6 Å². The highest BCUT2D eigenvalue weighted by atomic mass is 19.1. The summed E-state index contributed by atoms with van der Waals surface area (Å²) in [5.41, 5.74) is 1.57. The maximum Gasteiger partial charge on any atom is 0.339 e. The summed E-state index contributed by atoms with van der Waals surface area (Å²) in [6.45, 7) is 4.66. The molecule has 388 valence electrons. The van der Waals surface area contributed by atoms with Crippen LogP contribution in [0, 0.1) is 23.5 Å². The van der Waals surface area contributed by atoms with Gasteiger partial charge >= 0.3 is 12.0 Å². The molecule has 1 aliphatic rings. The molecule has 73 heavy (non-hydrogen) atoms. The molecular formula is C53H63F2N9O9. The Kier molecular flexibility index (Phi) is 21.1. The predicted molar refractivity (Wildman–Crippen MR) is 268 cm³/mol. The van der Waals surface area contributed by atoms with Gasteiger partial charge in [-0.3, -0.25) is 28.8 Å². The van der Waals surface area contributed by atoms with E-state index in [4.69, 9.17) is 0 Å². The number of carboxylic acid groups (broad SMARTS) is 1. The Morgan fingerprint density at radius 2 is 1.21 bits per heavy atom. The highest BCUT2D eigenvalue weighted by Gasteiger charge is 2.37. The average molecular weight is 1010 g/mol. The number of halogens is 2. The molecule has 0 radical (unpaired) electrons. The lowest BCUT2D eigenvalue weighted by Gasteiger charge is -2.32. The second-order valence-corrected chi connectivity index (χ2v) is 18.0. The van der Waals surface area contributed by atoms with E-state index in [0.29, 0.717) is 49.8 Å². The highest BCUT2D eigenvalue weighted by Crippen LogP contribution is 2.28. The third kappa shape index (κ3) is 16.0. The Bertz CT molecular complexity index is 2560. The molecule has 0 heterocycles. The van der Waals surface area contributed by atoms with E-state index in [1.807, 2.05) is 60.7 Å². The first-order chi connectivity index (χ1) is 35.0. The van der Waals surface area contributed by atoms with Crippen molar-refractivity contribution in [2.45, 2.75) is 102 Å². The molecule has 4 unspecified atom stereocenters. The smallest absolute Gasteiger partial charge is 0.339 e. The molecule has 18 nitrogen and oxygen atoms in total. The summed E-state index contributed by atoms with van der Waals surface area (Å²) in [7, 11) is 1.40. The summed E-state index contributed by atoms with van der Waals surface area (Å²) in [5, 5.41) is 32.3. The number of urea groups is 1. The number of hydrogen-bond donors (Lipinski definition) is 9. The molecule has 0 spiro atoms. The minimum atomic E-state index is -1.90. The van der Waals surface area contributed by atoms with Crippen molar-refractivity contribution < 1.29 is 52.2 Å². The molecule has 4 aromatic rings. The minimum absolute atomic E-state index is 0.0250. The number of hydrazone groups is 1. The van der Waals surface area contributed by atoms with E-state index in [9.17, 15) is 47.9 Å². The first-order valence-electron chi connectivity index (χ1n) is 24.2. The van der Waals surface area contributed by atoms with Gasteiger partial charge < -0.3 is 42.3 Å². The number of nitrogens with zero attached hydrogens (tertiary/aromatic N) is 1. The van der Waals surface area contributed by atoms with E-state index >= 15 is 4.39 Å². The third-order valence-corrected chi connectivity index (χ3v) is 12.2. The molecule has 0 aliphatic heterocycles. The highest BCUT2D eigenvalue weighted by molar-refractivity contribution is 6.41. The van der Waals surface area contributed by atoms with Crippen LogP contribution < -0.4 is 42.6 Å². The van der Waals surface area contributed by atoms with Gasteiger partial charge in [0, 0.05) is 7.05 Å². The van der Waals surface area contributed by atoms with E-state index in [1.54, 1.807) is 51.1 Å². The SMILES string of the molecule is CCCC(NC(=O)C(CC(C)C)NC(=O)C(NC(=O)c1c(F)ccc(F)c1C(=O)O)C1CCCCC1)/C(=N/NC(=O)NC(c1ccccc1)c1ccccc1)C(=O)NCC(=O)NC(C(=O)NC)c1ccccc1. The van der Waals surface area contributed by atoms with Crippen molar-refractivity contribution in [1.29, 1.82) is 0 Å². The number of amides is 8. The fourth-order valence-electron chi connectivity index (χ4n) is 8.63. The molecule has 0 aromatic heterocycles. The quantitative estimate of drug-likeness (QED) is 0.0343. The van der Waals surface area contributed by atoms with Crippen LogP contribution in [-0.2, 0) is 24.0 Å². The maximum atomic E-state index is 15.1. The van der Waals surface area contributed by atoms with Gasteiger partial charge in [0.15, 0.2) is 0 Å². The molecule has 0 saturated heterocycles. The number of hydrogen-bond acceptors (Lipinski definition) is 9. The molecule has 1 aliphatic carbocycles. The molecular weight excluding hydrogens is 945 g/mol. The lowest BCUT2D eigenvalue weighted by molar-refractivity contribution is -0.131. The van der Waals surface area contributed by atoms with Gasteiger partial charge in [-0.25, -0.2) is 23.8 Å². The summed E-state index contributed by atoms with van der Waals surface area (Å²) in [4.78, 5) is 109. The van der Waals surface area contributed by atoms with Crippen molar-refractivity contribution in [3.8, 4) is 0 Å². The van der Waals surface area contributed by atoms with Gasteiger partial charge in [-0.15, -0.1) is 0 Å². The van der Waals surface area contributed by atoms with Gasteiger partial charge in [-0.05, 0) is 66.3 Å². The Hall–Kier alpha value is -8.03. The third-order valence-electron chi connectivity index (χ3n) is 12.2. The Labute approximate surface area is 422 Å². The van der Waals surface area contributed by atoms with Crippen LogP contribution in [0.25, 0.3) is 0 Å². The molecule has 1 saturated carbocycles.